The molecule has 0 amide bonds. The minimum absolute atomic E-state index is 0.224. The molecule has 4 nitrogen and oxygen atoms in total. The Bertz CT molecular complexity index is 412. The van der Waals surface area contributed by atoms with Gasteiger partial charge < -0.3 is 11.5 Å². The Hall–Kier alpha value is -1.07. The second-order valence-electron chi connectivity index (χ2n) is 2.84. The molecule has 0 aliphatic carbocycles. The molecule has 0 saturated heterocycles. The molecule has 1 rings (SSSR count). The highest BCUT2D eigenvalue weighted by atomic mass is 32.2. The zero-order chi connectivity index (χ0) is 10.1. The highest BCUT2D eigenvalue weighted by Crippen LogP contribution is 2.17. The van der Waals surface area contributed by atoms with Crippen LogP contribution in [0.4, 0.5) is 5.69 Å². The van der Waals surface area contributed by atoms with E-state index in [9.17, 15) is 8.42 Å². The van der Waals surface area contributed by atoms with Gasteiger partial charge in [-0.3, -0.25) is 0 Å². The van der Waals surface area contributed by atoms with Crippen LogP contribution in [-0.2, 0) is 16.4 Å². The molecule has 72 valence electrons. The molecule has 4 N–H and O–H groups in total. The van der Waals surface area contributed by atoms with Crippen LogP contribution in [-0.4, -0.2) is 14.7 Å². The van der Waals surface area contributed by atoms with Crippen molar-refractivity contribution in [3.63, 3.8) is 0 Å². The third kappa shape index (κ3) is 2.19. The standard InChI is InChI=1S/C8H12N2O2S/c1-13(11,12)7-3-2-6(5-9)8(10)4-7/h2-4H,5,9-10H2,1H3. The van der Waals surface area contributed by atoms with Gasteiger partial charge in [-0.25, -0.2) is 8.42 Å². The van der Waals surface area contributed by atoms with Crippen LogP contribution in [0.3, 0.4) is 0 Å². The monoisotopic (exact) mass is 200 g/mol. The molecule has 0 bridgehead atoms. The molecule has 0 fully saturated rings. The second-order valence-corrected chi connectivity index (χ2v) is 4.85. The topological polar surface area (TPSA) is 86.2 Å². The third-order valence-electron chi connectivity index (χ3n) is 1.77. The Labute approximate surface area is 77.5 Å². The number of hydrogen-bond donors (Lipinski definition) is 2. The molecule has 1 aromatic rings. The SMILES string of the molecule is CS(=O)(=O)c1ccc(CN)c(N)c1. The van der Waals surface area contributed by atoms with Crippen molar-refractivity contribution in [2.75, 3.05) is 12.0 Å². The first-order valence-corrected chi connectivity index (χ1v) is 5.63. The number of rotatable bonds is 2. The lowest BCUT2D eigenvalue weighted by Gasteiger charge is -2.04. The summed E-state index contributed by atoms with van der Waals surface area (Å²) in [6.07, 6.45) is 1.14. The second kappa shape index (κ2) is 3.35. The number of nitrogen functional groups attached to an aromatic ring is 1. The van der Waals surface area contributed by atoms with Gasteiger partial charge in [0, 0.05) is 18.5 Å². The molecule has 5 heteroatoms. The van der Waals surface area contributed by atoms with Crippen molar-refractivity contribution in [2.45, 2.75) is 11.4 Å². The molecule has 0 atom stereocenters. The molecule has 0 aliphatic rings. The average Bonchev–Trinajstić information content (AvgIpc) is 2.02. The molecule has 1 aromatic carbocycles. The molecule has 0 saturated carbocycles. The molecule has 0 unspecified atom stereocenters. The fourth-order valence-electron chi connectivity index (χ4n) is 0.990. The lowest BCUT2D eigenvalue weighted by molar-refractivity contribution is 0.602. The number of sulfone groups is 1. The van der Waals surface area contributed by atoms with E-state index in [0.717, 1.165) is 11.8 Å². The number of benzene rings is 1. The van der Waals surface area contributed by atoms with Gasteiger partial charge in [0.15, 0.2) is 9.84 Å². The molecule has 0 aromatic heterocycles. The largest absolute Gasteiger partial charge is 0.398 e. The molecule has 13 heavy (non-hydrogen) atoms. The van der Waals surface area contributed by atoms with Crippen molar-refractivity contribution >= 4 is 15.5 Å². The minimum Gasteiger partial charge on any atom is -0.398 e. The average molecular weight is 200 g/mol. The van der Waals surface area contributed by atoms with Gasteiger partial charge in [0.2, 0.25) is 0 Å². The van der Waals surface area contributed by atoms with Crippen molar-refractivity contribution < 1.29 is 8.42 Å². The van der Waals surface area contributed by atoms with Crippen LogP contribution >= 0.6 is 0 Å². The van der Waals surface area contributed by atoms with E-state index in [1.807, 2.05) is 0 Å². The summed E-state index contributed by atoms with van der Waals surface area (Å²) >= 11 is 0. The molecular formula is C8H12N2O2S. The summed E-state index contributed by atoms with van der Waals surface area (Å²) < 4.78 is 22.2. The summed E-state index contributed by atoms with van der Waals surface area (Å²) in [5.41, 5.74) is 12.1. The van der Waals surface area contributed by atoms with Crippen molar-refractivity contribution in [1.82, 2.24) is 0 Å². The maximum absolute atomic E-state index is 11.1. The predicted molar refractivity (Wildman–Crippen MR) is 51.9 cm³/mol. The van der Waals surface area contributed by atoms with Crippen LogP contribution < -0.4 is 11.5 Å². The van der Waals surface area contributed by atoms with Gasteiger partial charge in [0.05, 0.1) is 4.90 Å². The normalized spacial score (nSPS) is 11.5. The summed E-state index contributed by atoms with van der Waals surface area (Å²) in [5, 5.41) is 0. The predicted octanol–water partition coefficient (Wildman–Crippen LogP) is 0.131. The van der Waals surface area contributed by atoms with E-state index in [1.54, 1.807) is 6.07 Å². The number of anilines is 1. The first kappa shape index (κ1) is 10.0. The Balaban J connectivity index is 3.26. The van der Waals surface area contributed by atoms with Gasteiger partial charge in [-0.1, -0.05) is 6.07 Å². The van der Waals surface area contributed by atoms with Gasteiger partial charge >= 0.3 is 0 Å². The van der Waals surface area contributed by atoms with E-state index in [-0.39, 0.29) is 4.90 Å². The van der Waals surface area contributed by atoms with Gasteiger partial charge in [-0.15, -0.1) is 0 Å². The summed E-state index contributed by atoms with van der Waals surface area (Å²) in [6.45, 7) is 0.315. The zero-order valence-electron chi connectivity index (χ0n) is 7.32. The van der Waals surface area contributed by atoms with Crippen LogP contribution in [0, 0.1) is 0 Å². The number of nitrogens with two attached hydrogens (primary N) is 2. The van der Waals surface area contributed by atoms with Crippen molar-refractivity contribution in [3.8, 4) is 0 Å². The molecule has 0 radical (unpaired) electrons. The smallest absolute Gasteiger partial charge is 0.175 e. The Morgan fingerprint density at radius 3 is 2.38 bits per heavy atom. The van der Waals surface area contributed by atoms with Crippen LogP contribution in [0.15, 0.2) is 23.1 Å². The van der Waals surface area contributed by atoms with Crippen molar-refractivity contribution in [2.24, 2.45) is 5.73 Å². The van der Waals surface area contributed by atoms with Gasteiger partial charge in [-0.05, 0) is 17.7 Å². The minimum atomic E-state index is -3.17. The van der Waals surface area contributed by atoms with Crippen molar-refractivity contribution in [1.29, 1.82) is 0 Å². The molecule has 0 heterocycles. The van der Waals surface area contributed by atoms with Gasteiger partial charge in [0.1, 0.15) is 0 Å². The van der Waals surface area contributed by atoms with E-state index in [2.05, 4.69) is 0 Å². The first-order valence-electron chi connectivity index (χ1n) is 3.73. The Morgan fingerprint density at radius 1 is 1.38 bits per heavy atom. The Kier molecular flexibility index (Phi) is 2.58. The highest BCUT2D eigenvalue weighted by Gasteiger charge is 2.08. The first-order chi connectivity index (χ1) is 5.95. The molecular weight excluding hydrogens is 188 g/mol. The fourth-order valence-corrected chi connectivity index (χ4v) is 1.65. The van der Waals surface area contributed by atoms with E-state index in [1.165, 1.54) is 12.1 Å². The van der Waals surface area contributed by atoms with Crippen LogP contribution in [0.1, 0.15) is 5.56 Å². The molecule has 0 spiro atoms. The van der Waals surface area contributed by atoms with Gasteiger partial charge in [0.25, 0.3) is 0 Å². The summed E-state index contributed by atoms with van der Waals surface area (Å²) in [5.74, 6) is 0. The lowest BCUT2D eigenvalue weighted by atomic mass is 10.2. The van der Waals surface area contributed by atoms with Gasteiger partial charge in [-0.2, -0.15) is 0 Å². The maximum Gasteiger partial charge on any atom is 0.175 e. The summed E-state index contributed by atoms with van der Waals surface area (Å²) in [6, 6.07) is 4.57. The summed E-state index contributed by atoms with van der Waals surface area (Å²) in [7, 11) is -3.17. The maximum atomic E-state index is 11.1. The highest BCUT2D eigenvalue weighted by molar-refractivity contribution is 7.90. The van der Waals surface area contributed by atoms with E-state index in [4.69, 9.17) is 11.5 Å². The van der Waals surface area contributed by atoms with E-state index >= 15 is 0 Å². The van der Waals surface area contributed by atoms with Crippen molar-refractivity contribution in [3.05, 3.63) is 23.8 Å². The fraction of sp³-hybridized carbons (Fsp3) is 0.250. The summed E-state index contributed by atoms with van der Waals surface area (Å²) in [4.78, 5) is 0.224. The number of hydrogen-bond acceptors (Lipinski definition) is 4. The third-order valence-corrected chi connectivity index (χ3v) is 2.88. The van der Waals surface area contributed by atoms with Crippen LogP contribution in [0.2, 0.25) is 0 Å². The lowest BCUT2D eigenvalue weighted by Crippen LogP contribution is -2.04. The van der Waals surface area contributed by atoms with Crippen LogP contribution in [0.25, 0.3) is 0 Å². The quantitative estimate of drug-likeness (QED) is 0.664. The molecule has 0 aliphatic heterocycles. The Morgan fingerprint density at radius 2 is 2.00 bits per heavy atom. The van der Waals surface area contributed by atoms with E-state index < -0.39 is 9.84 Å². The zero-order valence-corrected chi connectivity index (χ0v) is 8.14. The van der Waals surface area contributed by atoms with Crippen LogP contribution in [0.5, 0.6) is 0 Å². The van der Waals surface area contributed by atoms with E-state index in [0.29, 0.717) is 12.2 Å².